The average Bonchev–Trinajstić information content (AvgIpc) is 3.13. The van der Waals surface area contributed by atoms with Crippen LogP contribution in [-0.2, 0) is 4.74 Å². The number of hydrogen-bond acceptors (Lipinski definition) is 6. The number of aromatic nitrogens is 1. The van der Waals surface area contributed by atoms with Gasteiger partial charge in [-0.3, -0.25) is 14.7 Å². The van der Waals surface area contributed by atoms with E-state index in [1.165, 1.54) is 0 Å². The Hall–Kier alpha value is -2.38. The zero-order chi connectivity index (χ0) is 17.5. The summed E-state index contributed by atoms with van der Waals surface area (Å²) in [6, 6.07) is 9.08. The first-order valence-electron chi connectivity index (χ1n) is 8.51. The van der Waals surface area contributed by atoms with Gasteiger partial charge in [0, 0.05) is 31.9 Å². The Labute approximate surface area is 146 Å². The second-order valence-electron chi connectivity index (χ2n) is 5.68. The lowest BCUT2D eigenvalue weighted by molar-refractivity contribution is 0.0153. The van der Waals surface area contributed by atoms with E-state index < -0.39 is 0 Å². The van der Waals surface area contributed by atoms with E-state index in [0.29, 0.717) is 32.3 Å². The Morgan fingerprint density at radius 1 is 1.32 bits per heavy atom. The van der Waals surface area contributed by atoms with Crippen molar-refractivity contribution >= 4 is 5.91 Å². The molecule has 1 fully saturated rings. The van der Waals surface area contributed by atoms with Crippen LogP contribution in [0.4, 0.5) is 0 Å². The molecule has 1 aliphatic heterocycles. The van der Waals surface area contributed by atoms with Crippen molar-refractivity contribution in [3.05, 3.63) is 48.0 Å². The lowest BCUT2D eigenvalue weighted by Gasteiger charge is -2.34. The summed E-state index contributed by atoms with van der Waals surface area (Å²) < 4.78 is 16.1. The van der Waals surface area contributed by atoms with E-state index in [1.807, 2.05) is 25.1 Å². The number of nitrogens with one attached hydrogen (secondary N) is 1. The number of carbonyl (C=O) groups is 1. The molecule has 0 spiro atoms. The van der Waals surface area contributed by atoms with Crippen molar-refractivity contribution < 1.29 is 18.7 Å². The Morgan fingerprint density at radius 2 is 2.16 bits per heavy atom. The summed E-state index contributed by atoms with van der Waals surface area (Å²) in [7, 11) is 0. The number of morpholine rings is 1. The molecule has 1 unspecified atom stereocenters. The summed E-state index contributed by atoms with van der Waals surface area (Å²) in [5.41, 5.74) is 0.930. The summed E-state index contributed by atoms with van der Waals surface area (Å²) in [5.74, 6) is 0.326. The number of rotatable bonds is 7. The van der Waals surface area contributed by atoms with E-state index in [1.54, 1.807) is 18.3 Å². The Balaban J connectivity index is 1.66. The van der Waals surface area contributed by atoms with Gasteiger partial charge in [0.15, 0.2) is 5.76 Å². The molecule has 3 heterocycles. The molecule has 134 valence electrons. The molecule has 0 saturated carbocycles. The lowest BCUT2D eigenvalue weighted by atomic mass is 10.1. The van der Waals surface area contributed by atoms with E-state index in [-0.39, 0.29) is 17.7 Å². The highest BCUT2D eigenvalue weighted by Gasteiger charge is 2.24. The third-order valence-corrected chi connectivity index (χ3v) is 4.06. The predicted molar refractivity (Wildman–Crippen MR) is 91.6 cm³/mol. The number of pyridine rings is 1. The minimum Gasteiger partial charge on any atom is -0.465 e. The number of furan rings is 1. The highest BCUT2D eigenvalue weighted by atomic mass is 16.6. The van der Waals surface area contributed by atoms with Gasteiger partial charge in [-0.15, -0.1) is 0 Å². The maximum atomic E-state index is 12.4. The van der Waals surface area contributed by atoms with Crippen molar-refractivity contribution in [1.29, 1.82) is 0 Å². The SMILES string of the molecule is CCOc1ccc(C(=O)NCC(c2ccccn2)N2CCOCC2)o1. The van der Waals surface area contributed by atoms with Crippen LogP contribution in [0.15, 0.2) is 40.9 Å². The van der Waals surface area contributed by atoms with Gasteiger partial charge in [-0.25, -0.2) is 0 Å². The van der Waals surface area contributed by atoms with Crippen LogP contribution >= 0.6 is 0 Å². The van der Waals surface area contributed by atoms with Crippen LogP contribution < -0.4 is 10.1 Å². The molecular weight excluding hydrogens is 322 g/mol. The molecule has 1 N–H and O–H groups in total. The largest absolute Gasteiger partial charge is 0.465 e. The van der Waals surface area contributed by atoms with Gasteiger partial charge in [0.05, 0.1) is 31.6 Å². The minimum atomic E-state index is -0.264. The first kappa shape index (κ1) is 17.4. The first-order valence-corrected chi connectivity index (χ1v) is 8.51. The molecule has 2 aromatic heterocycles. The molecule has 1 saturated heterocycles. The van der Waals surface area contributed by atoms with E-state index in [4.69, 9.17) is 13.9 Å². The highest BCUT2D eigenvalue weighted by Crippen LogP contribution is 2.20. The number of carbonyl (C=O) groups excluding carboxylic acids is 1. The van der Waals surface area contributed by atoms with Crippen LogP contribution in [0.5, 0.6) is 5.95 Å². The van der Waals surface area contributed by atoms with Crippen molar-refractivity contribution in [2.45, 2.75) is 13.0 Å². The quantitative estimate of drug-likeness (QED) is 0.826. The molecule has 7 nitrogen and oxygen atoms in total. The summed E-state index contributed by atoms with van der Waals surface area (Å²) >= 11 is 0. The van der Waals surface area contributed by atoms with Crippen LogP contribution in [0.3, 0.4) is 0 Å². The molecule has 0 radical (unpaired) electrons. The second kappa shape index (κ2) is 8.64. The van der Waals surface area contributed by atoms with Crippen LogP contribution in [0.1, 0.15) is 29.2 Å². The molecule has 2 aromatic rings. The molecule has 1 aliphatic rings. The van der Waals surface area contributed by atoms with Crippen molar-refractivity contribution in [3.63, 3.8) is 0 Å². The molecule has 3 rings (SSSR count). The van der Waals surface area contributed by atoms with Gasteiger partial charge in [0.1, 0.15) is 0 Å². The van der Waals surface area contributed by atoms with Gasteiger partial charge in [-0.1, -0.05) is 6.07 Å². The molecule has 0 aliphatic carbocycles. The standard InChI is InChI=1S/C18H23N3O4/c1-2-24-17-7-6-16(25-17)18(22)20-13-15(14-5-3-4-8-19-14)21-9-11-23-12-10-21/h3-8,15H,2,9-13H2,1H3,(H,20,22). The number of nitrogens with zero attached hydrogens (tertiary/aromatic N) is 2. The lowest BCUT2D eigenvalue weighted by Crippen LogP contribution is -2.44. The van der Waals surface area contributed by atoms with Gasteiger partial charge in [0.2, 0.25) is 0 Å². The van der Waals surface area contributed by atoms with Crippen molar-refractivity contribution in [2.24, 2.45) is 0 Å². The topological polar surface area (TPSA) is 76.8 Å². The molecular formula is C18H23N3O4. The van der Waals surface area contributed by atoms with Gasteiger partial charge < -0.3 is 19.2 Å². The zero-order valence-electron chi connectivity index (χ0n) is 14.3. The summed E-state index contributed by atoms with van der Waals surface area (Å²) in [4.78, 5) is 19.1. The number of amides is 1. The number of ether oxygens (including phenoxy) is 2. The normalized spacial score (nSPS) is 16.4. The monoisotopic (exact) mass is 345 g/mol. The maximum Gasteiger partial charge on any atom is 0.287 e. The fourth-order valence-corrected chi connectivity index (χ4v) is 2.82. The maximum absolute atomic E-state index is 12.4. The van der Waals surface area contributed by atoms with E-state index in [0.717, 1.165) is 18.8 Å². The Morgan fingerprint density at radius 3 is 2.88 bits per heavy atom. The van der Waals surface area contributed by atoms with Crippen molar-refractivity contribution in [3.8, 4) is 5.95 Å². The third-order valence-electron chi connectivity index (χ3n) is 4.06. The van der Waals surface area contributed by atoms with Crippen molar-refractivity contribution in [1.82, 2.24) is 15.2 Å². The number of hydrogen-bond donors (Lipinski definition) is 1. The van der Waals surface area contributed by atoms with Crippen molar-refractivity contribution in [2.75, 3.05) is 39.5 Å². The van der Waals surface area contributed by atoms with Gasteiger partial charge in [-0.2, -0.15) is 0 Å². The van der Waals surface area contributed by atoms with E-state index in [9.17, 15) is 4.79 Å². The fourth-order valence-electron chi connectivity index (χ4n) is 2.82. The fraction of sp³-hybridized carbons (Fsp3) is 0.444. The highest BCUT2D eigenvalue weighted by molar-refractivity contribution is 5.91. The third kappa shape index (κ3) is 4.58. The van der Waals surface area contributed by atoms with Gasteiger partial charge in [0.25, 0.3) is 11.9 Å². The second-order valence-corrected chi connectivity index (χ2v) is 5.68. The van der Waals surface area contributed by atoms with Crippen LogP contribution in [0, 0.1) is 0 Å². The molecule has 0 aromatic carbocycles. The van der Waals surface area contributed by atoms with Gasteiger partial charge in [-0.05, 0) is 25.1 Å². The molecule has 7 heteroatoms. The molecule has 25 heavy (non-hydrogen) atoms. The van der Waals surface area contributed by atoms with E-state index >= 15 is 0 Å². The predicted octanol–water partition coefficient (Wildman–Crippen LogP) is 1.88. The summed E-state index contributed by atoms with van der Waals surface area (Å²) in [5, 5.41) is 2.94. The van der Waals surface area contributed by atoms with Gasteiger partial charge >= 0.3 is 0 Å². The minimum absolute atomic E-state index is 0.00428. The van der Waals surface area contributed by atoms with Crippen LogP contribution in [-0.4, -0.2) is 55.2 Å². The van der Waals surface area contributed by atoms with Crippen LogP contribution in [0.25, 0.3) is 0 Å². The molecule has 0 bridgehead atoms. The first-order chi connectivity index (χ1) is 12.3. The molecule has 1 atom stereocenters. The smallest absolute Gasteiger partial charge is 0.287 e. The Bertz CT molecular complexity index is 668. The summed E-state index contributed by atoms with van der Waals surface area (Å²) in [6.45, 7) is 5.80. The Kier molecular flexibility index (Phi) is 6.03. The average molecular weight is 345 g/mol. The zero-order valence-corrected chi connectivity index (χ0v) is 14.3. The summed E-state index contributed by atoms with van der Waals surface area (Å²) in [6.07, 6.45) is 1.77. The van der Waals surface area contributed by atoms with Crippen LogP contribution in [0.2, 0.25) is 0 Å². The molecule has 1 amide bonds. The van der Waals surface area contributed by atoms with E-state index in [2.05, 4.69) is 15.2 Å².